The Hall–Kier alpha value is -3.63. The van der Waals surface area contributed by atoms with E-state index in [0.29, 0.717) is 26.3 Å². The number of morpholine rings is 1. The van der Waals surface area contributed by atoms with E-state index < -0.39 is 63.3 Å². The summed E-state index contributed by atoms with van der Waals surface area (Å²) in [6.07, 6.45) is -3.35. The van der Waals surface area contributed by atoms with Gasteiger partial charge >= 0.3 is 12.2 Å². The fraction of sp³-hybridized carbons (Fsp3) is 0.581. The van der Waals surface area contributed by atoms with Crippen LogP contribution in [0.15, 0.2) is 0 Å². The number of anilines is 2. The van der Waals surface area contributed by atoms with E-state index in [2.05, 4.69) is 20.2 Å². The lowest BCUT2D eigenvalue weighted by Gasteiger charge is -2.42. The molecular formula is C31H35F6N7O3. The third kappa shape index (κ3) is 5.28. The quantitative estimate of drug-likeness (QED) is 0.296. The molecule has 10 nitrogen and oxygen atoms in total. The molecule has 0 amide bonds. The second kappa shape index (κ2) is 11.8. The van der Waals surface area contributed by atoms with Crippen molar-refractivity contribution in [2.45, 2.75) is 76.5 Å². The minimum atomic E-state index is -5.29. The smallest absolute Gasteiger partial charge is 0.417 e. The Kier molecular flexibility index (Phi) is 8.02. The van der Waals surface area contributed by atoms with E-state index in [9.17, 15) is 17.6 Å². The second-order valence-electron chi connectivity index (χ2n) is 12.6. The van der Waals surface area contributed by atoms with E-state index in [0.717, 1.165) is 32.7 Å². The maximum atomic E-state index is 16.7. The number of hydrogen-bond donors (Lipinski definition) is 2. The summed E-state index contributed by atoms with van der Waals surface area (Å²) in [6.45, 7) is 7.63. The molecule has 16 heteroatoms. The molecule has 0 bridgehead atoms. The van der Waals surface area contributed by atoms with Crippen LogP contribution < -0.4 is 25.4 Å². The Labute approximate surface area is 266 Å². The van der Waals surface area contributed by atoms with E-state index >= 15 is 8.78 Å². The van der Waals surface area contributed by atoms with Gasteiger partial charge in [-0.1, -0.05) is 6.92 Å². The highest BCUT2D eigenvalue weighted by Crippen LogP contribution is 2.47. The number of pyridine rings is 1. The summed E-state index contributed by atoms with van der Waals surface area (Å²) in [5, 5.41) is 3.47. The van der Waals surface area contributed by atoms with Gasteiger partial charge in [0.05, 0.1) is 30.4 Å². The highest BCUT2D eigenvalue weighted by molar-refractivity contribution is 5.97. The molecule has 4 aliphatic rings. The summed E-state index contributed by atoms with van der Waals surface area (Å²) >= 11 is 0. The number of nitrogen functional groups attached to an aromatic ring is 1. The van der Waals surface area contributed by atoms with Crippen LogP contribution in [0, 0.1) is 24.4 Å². The Bertz CT molecular complexity index is 1730. The number of fused-ring (bicyclic) bond motifs is 3. The summed E-state index contributed by atoms with van der Waals surface area (Å²) in [5.41, 5.74) is -1.22. The molecule has 6 heterocycles. The number of piperazine rings is 1. The van der Waals surface area contributed by atoms with Crippen LogP contribution in [0.2, 0.25) is 0 Å². The van der Waals surface area contributed by atoms with Gasteiger partial charge in [0.1, 0.15) is 40.8 Å². The number of nitrogens with two attached hydrogens (primary N) is 1. The first kappa shape index (κ1) is 31.9. The standard InChI is InChI=1S/C31H35F6N7O3/c1-4-15-10-44-18(9-39-15)14(3)47-29-20-27(41-30(42-28(20)44)46-12-17-6-5-16-11-45-8-7-43(16)17)24(34)26(40-29)19-21(31(35,36)37)13(2)22(32)25(38)23(19)33/h14-18,39H,4-12,38H2,1-3H3/t14-,15+,16-,17-,18-/m0/s1. The molecule has 7 rings (SSSR count). The van der Waals surface area contributed by atoms with Crippen LogP contribution in [0.1, 0.15) is 44.2 Å². The molecule has 254 valence electrons. The molecule has 5 atom stereocenters. The van der Waals surface area contributed by atoms with Gasteiger partial charge in [-0.3, -0.25) is 4.90 Å². The van der Waals surface area contributed by atoms with Crippen molar-refractivity contribution in [3.8, 4) is 23.1 Å². The zero-order chi connectivity index (χ0) is 33.4. The first-order chi connectivity index (χ1) is 22.4. The molecule has 3 aromatic rings. The molecule has 3 fully saturated rings. The van der Waals surface area contributed by atoms with Gasteiger partial charge in [0.15, 0.2) is 17.5 Å². The third-order valence-corrected chi connectivity index (χ3v) is 9.90. The number of nitrogens with one attached hydrogen (secondary N) is 1. The normalized spacial score (nSPS) is 26.1. The molecule has 0 aliphatic carbocycles. The van der Waals surface area contributed by atoms with Crippen LogP contribution in [-0.4, -0.2) is 89.6 Å². The van der Waals surface area contributed by atoms with E-state index in [-0.39, 0.29) is 53.9 Å². The van der Waals surface area contributed by atoms with Gasteiger partial charge in [-0.15, -0.1) is 0 Å². The van der Waals surface area contributed by atoms with Crippen molar-refractivity contribution in [1.29, 1.82) is 0 Å². The first-order valence-electron chi connectivity index (χ1n) is 15.8. The molecule has 0 unspecified atom stereocenters. The monoisotopic (exact) mass is 667 g/mol. The van der Waals surface area contributed by atoms with E-state index in [1.807, 2.05) is 11.8 Å². The van der Waals surface area contributed by atoms with Crippen LogP contribution in [0.3, 0.4) is 0 Å². The Morgan fingerprint density at radius 3 is 2.62 bits per heavy atom. The van der Waals surface area contributed by atoms with Crippen molar-refractivity contribution < 1.29 is 40.6 Å². The van der Waals surface area contributed by atoms with Crippen molar-refractivity contribution in [3.63, 3.8) is 0 Å². The van der Waals surface area contributed by atoms with Gasteiger partial charge in [-0.05, 0) is 38.7 Å². The molecule has 2 aromatic heterocycles. The van der Waals surface area contributed by atoms with Gasteiger partial charge in [-0.25, -0.2) is 18.2 Å². The van der Waals surface area contributed by atoms with Gasteiger partial charge in [0.2, 0.25) is 5.88 Å². The molecule has 47 heavy (non-hydrogen) atoms. The van der Waals surface area contributed by atoms with Crippen molar-refractivity contribution in [1.82, 2.24) is 25.2 Å². The second-order valence-corrected chi connectivity index (χ2v) is 12.6. The molecule has 1 aromatic carbocycles. The largest absolute Gasteiger partial charge is 0.472 e. The minimum Gasteiger partial charge on any atom is -0.472 e. The molecule has 0 saturated carbocycles. The SMILES string of the molecule is CC[C@@H]1CN2c3nc(OC[C@@H]4CC[C@H]5COCCN54)nc4c(F)c(-c5c(F)c(N)c(F)c(C)c5C(F)(F)F)nc(c34)O[C@@H](C)[C@@H]2CN1. The number of alkyl halides is 3. The van der Waals surface area contributed by atoms with Crippen molar-refractivity contribution in [3.05, 3.63) is 28.6 Å². The lowest BCUT2D eigenvalue weighted by atomic mass is 9.95. The topological polar surface area (TPSA) is 111 Å². The molecule has 0 spiro atoms. The van der Waals surface area contributed by atoms with Gasteiger partial charge in [0, 0.05) is 37.8 Å². The fourth-order valence-corrected chi connectivity index (χ4v) is 7.37. The van der Waals surface area contributed by atoms with Gasteiger partial charge in [0.25, 0.3) is 0 Å². The van der Waals surface area contributed by atoms with Crippen LogP contribution in [0.25, 0.3) is 22.2 Å². The summed E-state index contributed by atoms with van der Waals surface area (Å²) in [4.78, 5) is 17.4. The maximum absolute atomic E-state index is 16.7. The average Bonchev–Trinajstić information content (AvgIpc) is 3.42. The molecule has 0 radical (unpaired) electrons. The predicted octanol–water partition coefficient (Wildman–Crippen LogP) is 4.60. The number of ether oxygens (including phenoxy) is 3. The lowest BCUT2D eigenvalue weighted by Crippen LogP contribution is -2.60. The summed E-state index contributed by atoms with van der Waals surface area (Å²) in [6, 6.07) is -0.179. The number of halogens is 6. The minimum absolute atomic E-state index is 0.0135. The highest BCUT2D eigenvalue weighted by Gasteiger charge is 2.44. The van der Waals surface area contributed by atoms with E-state index in [1.54, 1.807) is 6.92 Å². The Balaban J connectivity index is 1.42. The molecule has 3 N–H and O–H groups in total. The summed E-state index contributed by atoms with van der Waals surface area (Å²) in [5.74, 6) is -4.80. The number of benzene rings is 1. The van der Waals surface area contributed by atoms with Crippen molar-refractivity contribution in [2.24, 2.45) is 0 Å². The average molecular weight is 668 g/mol. The summed E-state index contributed by atoms with van der Waals surface area (Å²) < 4.78 is 108. The molecule has 4 aliphatic heterocycles. The Morgan fingerprint density at radius 1 is 1.09 bits per heavy atom. The zero-order valence-corrected chi connectivity index (χ0v) is 26.1. The van der Waals surface area contributed by atoms with Crippen LogP contribution in [-0.2, 0) is 10.9 Å². The number of nitrogens with zero attached hydrogens (tertiary/aromatic N) is 5. The van der Waals surface area contributed by atoms with Gasteiger partial charge in [-0.2, -0.15) is 23.1 Å². The van der Waals surface area contributed by atoms with E-state index in [4.69, 9.17) is 24.9 Å². The fourth-order valence-electron chi connectivity index (χ4n) is 7.37. The maximum Gasteiger partial charge on any atom is 0.417 e. The molecular weight excluding hydrogens is 632 g/mol. The third-order valence-electron chi connectivity index (χ3n) is 9.90. The van der Waals surface area contributed by atoms with Gasteiger partial charge < -0.3 is 30.2 Å². The lowest BCUT2D eigenvalue weighted by molar-refractivity contribution is -0.137. The van der Waals surface area contributed by atoms with Crippen LogP contribution >= 0.6 is 0 Å². The number of rotatable bonds is 5. The summed E-state index contributed by atoms with van der Waals surface area (Å²) in [7, 11) is 0. The van der Waals surface area contributed by atoms with Crippen LogP contribution in [0.4, 0.5) is 37.8 Å². The first-order valence-corrected chi connectivity index (χ1v) is 15.8. The van der Waals surface area contributed by atoms with Crippen LogP contribution in [0.5, 0.6) is 11.9 Å². The number of hydrogen-bond acceptors (Lipinski definition) is 10. The number of aromatic nitrogens is 3. The zero-order valence-electron chi connectivity index (χ0n) is 26.1. The van der Waals surface area contributed by atoms with E-state index in [1.165, 1.54) is 0 Å². The Morgan fingerprint density at radius 2 is 1.87 bits per heavy atom. The highest BCUT2D eigenvalue weighted by atomic mass is 19.4. The van der Waals surface area contributed by atoms with Crippen molar-refractivity contribution in [2.75, 3.05) is 50.1 Å². The van der Waals surface area contributed by atoms with Crippen molar-refractivity contribution >= 4 is 22.4 Å². The predicted molar refractivity (Wildman–Crippen MR) is 160 cm³/mol. The molecule has 3 saturated heterocycles.